The molecule has 2 aromatic heterocycles. The maximum atomic E-state index is 12.9. The number of carbonyl (C=O) groups is 2. The highest BCUT2D eigenvalue weighted by molar-refractivity contribution is 6.02. The third-order valence-corrected chi connectivity index (χ3v) is 5.14. The van der Waals surface area contributed by atoms with Crippen LogP contribution < -0.4 is 0 Å². The van der Waals surface area contributed by atoms with Crippen LogP contribution in [0.15, 0.2) is 6.33 Å². The molecular formula is C18H25N5O2. The van der Waals surface area contributed by atoms with E-state index in [-0.39, 0.29) is 11.7 Å². The number of aromatic amines is 1. The number of ketones is 1. The van der Waals surface area contributed by atoms with Gasteiger partial charge in [-0.2, -0.15) is 0 Å². The van der Waals surface area contributed by atoms with Gasteiger partial charge in [0.25, 0.3) is 5.91 Å². The predicted molar refractivity (Wildman–Crippen MR) is 93.8 cm³/mol. The zero-order valence-corrected chi connectivity index (χ0v) is 15.3. The molecule has 0 radical (unpaired) electrons. The molecule has 2 aromatic rings. The topological polar surface area (TPSA) is 83.9 Å². The average molecular weight is 343 g/mol. The van der Waals surface area contributed by atoms with Crippen LogP contribution in [0.4, 0.5) is 0 Å². The molecule has 1 aliphatic heterocycles. The maximum Gasteiger partial charge on any atom is 0.270 e. The second kappa shape index (κ2) is 6.82. The average Bonchev–Trinajstić information content (AvgIpc) is 3.18. The summed E-state index contributed by atoms with van der Waals surface area (Å²) in [6, 6.07) is 0. The number of hydrogen-bond acceptors (Lipinski definition) is 4. The first kappa shape index (κ1) is 17.4. The van der Waals surface area contributed by atoms with Crippen LogP contribution in [-0.4, -0.2) is 49.4 Å². The normalized spacial score (nSPS) is 15.6. The molecule has 0 bridgehead atoms. The van der Waals surface area contributed by atoms with Crippen LogP contribution in [0, 0.1) is 13.8 Å². The van der Waals surface area contributed by atoms with E-state index in [1.807, 2.05) is 18.7 Å². The van der Waals surface area contributed by atoms with Crippen LogP contribution in [0.3, 0.4) is 0 Å². The summed E-state index contributed by atoms with van der Waals surface area (Å²) in [4.78, 5) is 29.6. The summed E-state index contributed by atoms with van der Waals surface area (Å²) in [5.74, 6) is 1.32. The minimum atomic E-state index is -0.0245. The Morgan fingerprint density at radius 2 is 1.96 bits per heavy atom. The van der Waals surface area contributed by atoms with Crippen molar-refractivity contribution in [3.8, 4) is 0 Å². The van der Waals surface area contributed by atoms with Gasteiger partial charge in [0, 0.05) is 36.8 Å². The largest absolute Gasteiger partial charge is 0.354 e. The van der Waals surface area contributed by atoms with Crippen molar-refractivity contribution in [3.63, 3.8) is 0 Å². The lowest BCUT2D eigenvalue weighted by molar-refractivity contribution is 0.0704. The lowest BCUT2D eigenvalue weighted by Crippen LogP contribution is -2.38. The van der Waals surface area contributed by atoms with Gasteiger partial charge in [-0.3, -0.25) is 9.59 Å². The van der Waals surface area contributed by atoms with Crippen molar-refractivity contribution in [2.75, 3.05) is 13.1 Å². The van der Waals surface area contributed by atoms with E-state index in [2.05, 4.69) is 26.7 Å². The van der Waals surface area contributed by atoms with Crippen molar-refractivity contribution in [3.05, 3.63) is 34.7 Å². The van der Waals surface area contributed by atoms with Gasteiger partial charge in [0.2, 0.25) is 0 Å². The molecule has 1 N–H and O–H groups in total. The van der Waals surface area contributed by atoms with E-state index in [1.54, 1.807) is 6.33 Å². The van der Waals surface area contributed by atoms with Crippen molar-refractivity contribution in [2.45, 2.75) is 53.0 Å². The molecule has 1 saturated heterocycles. The highest BCUT2D eigenvalue weighted by atomic mass is 16.2. The van der Waals surface area contributed by atoms with Gasteiger partial charge >= 0.3 is 0 Å². The fourth-order valence-electron chi connectivity index (χ4n) is 3.81. The molecule has 7 heteroatoms. The molecule has 0 saturated carbocycles. The molecule has 1 amide bonds. The number of Topliss-reactive ketones (excluding diaryl/α,β-unsaturated/α-hetero) is 1. The predicted octanol–water partition coefficient (Wildman–Crippen LogP) is 2.47. The number of carbonyl (C=O) groups excluding carboxylic acids is 2. The molecule has 0 aromatic carbocycles. The highest BCUT2D eigenvalue weighted by Gasteiger charge is 2.29. The molecule has 0 spiro atoms. The fraction of sp³-hybridized carbons (Fsp3) is 0.556. The summed E-state index contributed by atoms with van der Waals surface area (Å²) >= 11 is 0. The number of H-pyrrole nitrogens is 1. The van der Waals surface area contributed by atoms with Crippen LogP contribution >= 0.6 is 0 Å². The van der Waals surface area contributed by atoms with E-state index in [0.717, 1.165) is 36.5 Å². The summed E-state index contributed by atoms with van der Waals surface area (Å²) in [5.41, 5.74) is 2.69. The van der Waals surface area contributed by atoms with Gasteiger partial charge < -0.3 is 14.5 Å². The molecule has 0 aliphatic carbocycles. The second-order valence-electron chi connectivity index (χ2n) is 6.72. The number of nitrogens with one attached hydrogen (secondary N) is 1. The Balaban J connectivity index is 1.72. The SMILES string of the molecule is CCn1cnnc1C1CCN(C(=O)c2[nH]c(C)c(C(C)=O)c2C)CC1. The number of rotatable bonds is 4. The Hall–Kier alpha value is -2.44. The lowest BCUT2D eigenvalue weighted by Gasteiger charge is -2.31. The van der Waals surface area contributed by atoms with Crippen molar-refractivity contribution >= 4 is 11.7 Å². The van der Waals surface area contributed by atoms with Crippen LogP contribution in [0.5, 0.6) is 0 Å². The van der Waals surface area contributed by atoms with Gasteiger partial charge in [0.15, 0.2) is 5.78 Å². The molecule has 7 nitrogen and oxygen atoms in total. The first-order chi connectivity index (χ1) is 11.9. The summed E-state index contributed by atoms with van der Waals surface area (Å²) in [6.07, 6.45) is 3.52. The van der Waals surface area contributed by atoms with Gasteiger partial charge in [-0.1, -0.05) is 0 Å². The lowest BCUT2D eigenvalue weighted by atomic mass is 9.95. The monoisotopic (exact) mass is 343 g/mol. The van der Waals surface area contributed by atoms with Gasteiger partial charge in [-0.15, -0.1) is 10.2 Å². The molecular weight excluding hydrogens is 318 g/mol. The van der Waals surface area contributed by atoms with Crippen molar-refractivity contribution in [1.29, 1.82) is 0 Å². The zero-order valence-electron chi connectivity index (χ0n) is 15.3. The Morgan fingerprint density at radius 1 is 1.28 bits per heavy atom. The summed E-state index contributed by atoms with van der Waals surface area (Å²) in [7, 11) is 0. The number of nitrogens with zero attached hydrogens (tertiary/aromatic N) is 4. The summed E-state index contributed by atoms with van der Waals surface area (Å²) in [5, 5.41) is 8.26. The molecule has 1 aliphatic rings. The van der Waals surface area contributed by atoms with Crippen LogP contribution in [0.1, 0.15) is 70.5 Å². The van der Waals surface area contributed by atoms with Gasteiger partial charge in [0.1, 0.15) is 17.8 Å². The first-order valence-corrected chi connectivity index (χ1v) is 8.81. The number of amides is 1. The van der Waals surface area contributed by atoms with E-state index >= 15 is 0 Å². The van der Waals surface area contributed by atoms with Crippen molar-refractivity contribution in [1.82, 2.24) is 24.6 Å². The van der Waals surface area contributed by atoms with E-state index in [1.165, 1.54) is 6.92 Å². The van der Waals surface area contributed by atoms with Crippen LogP contribution in [0.2, 0.25) is 0 Å². The fourth-order valence-corrected chi connectivity index (χ4v) is 3.81. The Kier molecular flexibility index (Phi) is 4.74. The van der Waals surface area contributed by atoms with E-state index in [0.29, 0.717) is 30.3 Å². The maximum absolute atomic E-state index is 12.9. The molecule has 3 heterocycles. The van der Waals surface area contributed by atoms with Gasteiger partial charge in [-0.25, -0.2) is 0 Å². The number of aryl methyl sites for hydroxylation is 2. The standard InChI is InChI=1S/C18H25N5O2/c1-5-22-10-19-21-17(22)14-6-8-23(9-7-14)18(25)16-11(2)15(13(4)24)12(3)20-16/h10,14,20H,5-9H2,1-4H3. The van der Waals surface area contributed by atoms with E-state index < -0.39 is 0 Å². The summed E-state index contributed by atoms with van der Waals surface area (Å²) < 4.78 is 2.07. The Bertz CT molecular complexity index is 796. The van der Waals surface area contributed by atoms with E-state index in [4.69, 9.17) is 0 Å². The molecule has 3 rings (SSSR count). The highest BCUT2D eigenvalue weighted by Crippen LogP contribution is 2.28. The number of aromatic nitrogens is 4. The van der Waals surface area contributed by atoms with Crippen LogP contribution in [0.25, 0.3) is 0 Å². The smallest absolute Gasteiger partial charge is 0.270 e. The molecule has 134 valence electrons. The van der Waals surface area contributed by atoms with Crippen molar-refractivity contribution < 1.29 is 9.59 Å². The number of likely N-dealkylation sites (tertiary alicyclic amines) is 1. The Labute approximate surface area is 147 Å². The number of hydrogen-bond donors (Lipinski definition) is 1. The van der Waals surface area contributed by atoms with Gasteiger partial charge in [-0.05, 0) is 46.1 Å². The second-order valence-corrected chi connectivity index (χ2v) is 6.72. The third kappa shape index (κ3) is 3.10. The summed E-state index contributed by atoms with van der Waals surface area (Å²) in [6.45, 7) is 9.52. The minimum absolute atomic E-state index is 0.0112. The number of piperidine rings is 1. The molecule has 0 unspecified atom stereocenters. The van der Waals surface area contributed by atoms with Crippen molar-refractivity contribution in [2.24, 2.45) is 0 Å². The molecule has 0 atom stereocenters. The van der Waals surface area contributed by atoms with E-state index in [9.17, 15) is 9.59 Å². The quantitative estimate of drug-likeness (QED) is 0.864. The zero-order chi connectivity index (χ0) is 18.1. The van der Waals surface area contributed by atoms with Crippen LogP contribution in [-0.2, 0) is 6.54 Å². The minimum Gasteiger partial charge on any atom is -0.354 e. The molecule has 25 heavy (non-hydrogen) atoms. The Morgan fingerprint density at radius 3 is 2.52 bits per heavy atom. The third-order valence-electron chi connectivity index (χ3n) is 5.14. The first-order valence-electron chi connectivity index (χ1n) is 8.81. The van der Waals surface area contributed by atoms with Gasteiger partial charge in [0.05, 0.1) is 0 Å². The molecule has 1 fully saturated rings.